The third-order valence-electron chi connectivity index (χ3n) is 6.68. The number of amides is 3. The molecule has 0 bridgehead atoms. The van der Waals surface area contributed by atoms with Gasteiger partial charge in [0.2, 0.25) is 5.91 Å². The van der Waals surface area contributed by atoms with Gasteiger partial charge in [-0.15, -0.1) is 0 Å². The van der Waals surface area contributed by atoms with Gasteiger partial charge in [-0.3, -0.25) is 4.79 Å². The molecule has 3 N–H and O–H groups in total. The Kier molecular flexibility index (Phi) is 7.99. The van der Waals surface area contributed by atoms with Crippen LogP contribution in [0.25, 0.3) is 0 Å². The van der Waals surface area contributed by atoms with Gasteiger partial charge in [0.15, 0.2) is 0 Å². The van der Waals surface area contributed by atoms with E-state index in [1.807, 2.05) is 15.6 Å². The number of rotatable bonds is 7. The number of imidazole rings is 1. The molecule has 0 spiro atoms. The fraction of sp³-hybridized carbons (Fsp3) is 0.762. The Morgan fingerprint density at radius 2 is 1.97 bits per heavy atom. The van der Waals surface area contributed by atoms with Crippen molar-refractivity contribution in [2.45, 2.75) is 76.8 Å². The maximum Gasteiger partial charge on any atom is 0.376 e. The predicted molar refractivity (Wildman–Crippen MR) is 120 cm³/mol. The third-order valence-corrected chi connectivity index (χ3v) is 6.68. The quantitative estimate of drug-likeness (QED) is 0.563. The molecule has 1 aromatic rings. The van der Waals surface area contributed by atoms with Gasteiger partial charge >= 0.3 is 13.1 Å². The summed E-state index contributed by atoms with van der Waals surface area (Å²) in [6, 6.07) is -0.602. The van der Waals surface area contributed by atoms with Crippen molar-refractivity contribution in [3.63, 3.8) is 0 Å². The summed E-state index contributed by atoms with van der Waals surface area (Å²) < 4.78 is 2.03. The van der Waals surface area contributed by atoms with Gasteiger partial charge in [-0.05, 0) is 39.9 Å². The van der Waals surface area contributed by atoms with Crippen molar-refractivity contribution in [3.8, 4) is 0 Å². The van der Waals surface area contributed by atoms with E-state index in [0.29, 0.717) is 26.2 Å². The van der Waals surface area contributed by atoms with E-state index in [9.17, 15) is 14.6 Å². The van der Waals surface area contributed by atoms with Gasteiger partial charge in [0.05, 0.1) is 6.33 Å². The van der Waals surface area contributed by atoms with E-state index >= 15 is 0 Å². The summed E-state index contributed by atoms with van der Waals surface area (Å²) >= 11 is 0. The lowest BCUT2D eigenvalue weighted by Crippen LogP contribution is -2.65. The zero-order valence-corrected chi connectivity index (χ0v) is 19.1. The van der Waals surface area contributed by atoms with Crippen LogP contribution in [0.2, 0.25) is 6.82 Å². The monoisotopic (exact) mass is 432 g/mol. The average molecular weight is 432 g/mol. The first-order valence-electron chi connectivity index (χ1n) is 11.5. The molecule has 2 heterocycles. The van der Waals surface area contributed by atoms with Gasteiger partial charge in [-0.2, -0.15) is 0 Å². The van der Waals surface area contributed by atoms with E-state index in [1.54, 1.807) is 24.2 Å². The van der Waals surface area contributed by atoms with Gasteiger partial charge in [0.1, 0.15) is 6.04 Å². The summed E-state index contributed by atoms with van der Waals surface area (Å²) in [6.07, 6.45) is 11.7. The highest BCUT2D eigenvalue weighted by molar-refractivity contribution is 6.45. The van der Waals surface area contributed by atoms with Crippen molar-refractivity contribution in [2.75, 3.05) is 26.2 Å². The molecule has 172 valence electrons. The smallest absolute Gasteiger partial charge is 0.376 e. The summed E-state index contributed by atoms with van der Waals surface area (Å²) in [6.45, 7) is 7.68. The molecule has 1 saturated heterocycles. The van der Waals surface area contributed by atoms with Crippen LogP contribution in [0.15, 0.2) is 18.7 Å². The lowest BCUT2D eigenvalue weighted by atomic mass is 9.83. The van der Waals surface area contributed by atoms with Gasteiger partial charge in [0.25, 0.3) is 0 Å². The highest BCUT2D eigenvalue weighted by Crippen LogP contribution is 2.20. The first-order valence-corrected chi connectivity index (χ1v) is 11.5. The second kappa shape index (κ2) is 10.5. The number of piperazine rings is 1. The Bertz CT molecular complexity index is 721. The summed E-state index contributed by atoms with van der Waals surface area (Å²) in [5.41, 5.74) is -0.181. The third kappa shape index (κ3) is 6.23. The number of nitrogens with one attached hydrogen (secondary N) is 2. The summed E-state index contributed by atoms with van der Waals surface area (Å²) in [5.74, 6) is -0.175. The predicted octanol–water partition coefficient (Wildman–Crippen LogP) is 1.26. The molecule has 1 atom stereocenters. The van der Waals surface area contributed by atoms with E-state index in [0.717, 1.165) is 32.1 Å². The average Bonchev–Trinajstić information content (AvgIpc) is 3.30. The molecule has 9 nitrogen and oxygen atoms in total. The zero-order chi connectivity index (χ0) is 22.4. The maximum absolute atomic E-state index is 13.1. The van der Waals surface area contributed by atoms with Crippen LogP contribution >= 0.6 is 0 Å². The van der Waals surface area contributed by atoms with Gasteiger partial charge in [-0.25, -0.2) is 9.78 Å². The summed E-state index contributed by atoms with van der Waals surface area (Å²) in [5, 5.41) is 16.2. The van der Waals surface area contributed by atoms with E-state index in [2.05, 4.69) is 29.5 Å². The Morgan fingerprint density at radius 3 is 2.61 bits per heavy atom. The molecular formula is C21H37BN6O3. The van der Waals surface area contributed by atoms with E-state index in [-0.39, 0.29) is 23.5 Å². The van der Waals surface area contributed by atoms with Crippen molar-refractivity contribution < 1.29 is 14.6 Å². The van der Waals surface area contributed by atoms with Crippen LogP contribution in [-0.2, 0) is 10.3 Å². The van der Waals surface area contributed by atoms with Crippen LogP contribution in [-0.4, -0.2) is 81.5 Å². The second-order valence-corrected chi connectivity index (χ2v) is 9.44. The topological polar surface area (TPSA) is 103 Å². The van der Waals surface area contributed by atoms with Crippen LogP contribution in [0.4, 0.5) is 4.79 Å². The van der Waals surface area contributed by atoms with Crippen LogP contribution in [0.3, 0.4) is 0 Å². The van der Waals surface area contributed by atoms with E-state index in [4.69, 9.17) is 0 Å². The van der Waals surface area contributed by atoms with Crippen LogP contribution in [0.5, 0.6) is 0 Å². The Morgan fingerprint density at radius 1 is 1.23 bits per heavy atom. The highest BCUT2D eigenvalue weighted by Gasteiger charge is 2.38. The molecule has 2 fully saturated rings. The van der Waals surface area contributed by atoms with Crippen LogP contribution in [0.1, 0.15) is 52.4 Å². The van der Waals surface area contributed by atoms with Gasteiger partial charge in [0, 0.05) is 50.2 Å². The Labute approximate surface area is 185 Å². The van der Waals surface area contributed by atoms with Gasteiger partial charge in [-0.1, -0.05) is 19.3 Å². The largest absolute Gasteiger partial charge is 0.437 e. The number of carbonyl (C=O) groups excluding carboxylic acids is 2. The fourth-order valence-corrected chi connectivity index (χ4v) is 4.47. The number of nitrogens with zero attached hydrogens (tertiary/aromatic N) is 4. The highest BCUT2D eigenvalue weighted by atomic mass is 16.2. The minimum Gasteiger partial charge on any atom is -0.437 e. The molecule has 0 radical (unpaired) electrons. The molecule has 10 heteroatoms. The first-order chi connectivity index (χ1) is 14.8. The van der Waals surface area contributed by atoms with Crippen molar-refractivity contribution in [1.82, 2.24) is 29.9 Å². The molecule has 0 unspecified atom stereocenters. The van der Waals surface area contributed by atoms with Crippen molar-refractivity contribution in [3.05, 3.63) is 18.7 Å². The molecule has 3 rings (SSSR count). The standard InChI is InChI=1S/C21H37BN6O3/c1-21(2,26-12-11-23-16-26)9-10-24-19(29)18-15-27(22(3)31)13-14-28(18)20(30)25-17-7-5-4-6-8-17/h11-12,16-18,31H,4-10,13-15H2,1-3H3,(H,24,29)(H,25,30)/t18-/m1/s1. The first kappa shape index (κ1) is 23.6. The zero-order valence-electron chi connectivity index (χ0n) is 19.1. The van der Waals surface area contributed by atoms with Crippen LogP contribution < -0.4 is 10.6 Å². The van der Waals surface area contributed by atoms with E-state index < -0.39 is 13.1 Å². The molecule has 1 aliphatic carbocycles. The lowest BCUT2D eigenvalue weighted by Gasteiger charge is -2.41. The Balaban J connectivity index is 1.59. The summed E-state index contributed by atoms with van der Waals surface area (Å²) in [7, 11) is -0.654. The minimum atomic E-state index is -0.654. The van der Waals surface area contributed by atoms with Crippen molar-refractivity contribution >= 4 is 19.0 Å². The molecule has 1 aliphatic heterocycles. The number of hydrogen-bond acceptors (Lipinski definition) is 5. The molecule has 31 heavy (non-hydrogen) atoms. The van der Waals surface area contributed by atoms with Crippen LogP contribution in [0, 0.1) is 0 Å². The fourth-order valence-electron chi connectivity index (χ4n) is 4.47. The number of carbonyl (C=O) groups is 2. The number of urea groups is 1. The van der Waals surface area contributed by atoms with E-state index in [1.165, 1.54) is 6.42 Å². The minimum absolute atomic E-state index is 0.170. The molecule has 3 amide bonds. The normalized spacial score (nSPS) is 21.0. The molecule has 2 aliphatic rings. The second-order valence-electron chi connectivity index (χ2n) is 9.44. The van der Waals surface area contributed by atoms with Crippen molar-refractivity contribution in [2.24, 2.45) is 0 Å². The van der Waals surface area contributed by atoms with Gasteiger partial charge < -0.3 is 29.9 Å². The maximum atomic E-state index is 13.1. The SMILES string of the molecule is CB(O)N1CCN(C(=O)NC2CCCCC2)[C@@H](C(=O)NCCC(C)(C)n2ccnc2)C1. The Hall–Kier alpha value is -2.07. The van der Waals surface area contributed by atoms with Crippen molar-refractivity contribution in [1.29, 1.82) is 0 Å². The molecule has 1 aromatic heterocycles. The number of hydrogen-bond donors (Lipinski definition) is 3. The molecule has 1 saturated carbocycles. The number of aromatic nitrogens is 2. The lowest BCUT2D eigenvalue weighted by molar-refractivity contribution is -0.126. The molecular weight excluding hydrogens is 395 g/mol. The molecule has 0 aromatic carbocycles. The summed E-state index contributed by atoms with van der Waals surface area (Å²) in [4.78, 5) is 33.7.